The molecule has 4 nitrogen and oxygen atoms in total. The second-order valence-electron chi connectivity index (χ2n) is 3.71. The number of nitrogens with zero attached hydrogens (tertiary/aromatic N) is 1. The number of hydrogen-bond acceptors (Lipinski definition) is 5. The molecule has 96 valence electrons. The lowest BCUT2D eigenvalue weighted by atomic mass is 10.2. The Bertz CT molecular complexity index is 334. The summed E-state index contributed by atoms with van der Waals surface area (Å²) in [5, 5.41) is 13.0. The van der Waals surface area contributed by atoms with E-state index in [9.17, 15) is 0 Å². The third-order valence-corrected chi connectivity index (χ3v) is 3.32. The van der Waals surface area contributed by atoms with Crippen LogP contribution in [-0.4, -0.2) is 42.7 Å². The summed E-state index contributed by atoms with van der Waals surface area (Å²) in [6.45, 7) is 4.60. The van der Waals surface area contributed by atoms with Crippen LogP contribution in [0.4, 0.5) is 0 Å². The third-order valence-electron chi connectivity index (χ3n) is 2.23. The molecule has 17 heavy (non-hydrogen) atoms. The van der Waals surface area contributed by atoms with Gasteiger partial charge in [0, 0.05) is 32.1 Å². The Kier molecular flexibility index (Phi) is 7.19. The van der Waals surface area contributed by atoms with Crippen LogP contribution in [0, 0.1) is 6.92 Å². The Morgan fingerprint density at radius 2 is 2.35 bits per heavy atom. The van der Waals surface area contributed by atoms with E-state index in [0.717, 1.165) is 30.3 Å². The number of aromatic nitrogens is 1. The van der Waals surface area contributed by atoms with Crippen LogP contribution in [0.1, 0.15) is 11.1 Å². The number of nitrogens with one attached hydrogen (secondary N) is 1. The smallest absolute Gasteiger partial charge is 0.0990 e. The van der Waals surface area contributed by atoms with E-state index >= 15 is 0 Å². The Morgan fingerprint density at radius 1 is 1.53 bits per heavy atom. The standard InChI is InChI=1S/C12H20N2O2S/c1-10-7-11(8-13-3-5-16-2)9-14-12(10)17-6-4-15/h7,9,13,15H,3-6,8H2,1-2H3. The average molecular weight is 256 g/mol. The first-order valence-electron chi connectivity index (χ1n) is 5.66. The van der Waals surface area contributed by atoms with Gasteiger partial charge in [-0.3, -0.25) is 0 Å². The fourth-order valence-corrected chi connectivity index (χ4v) is 2.12. The van der Waals surface area contributed by atoms with Crippen molar-refractivity contribution in [3.8, 4) is 0 Å². The van der Waals surface area contributed by atoms with Crippen molar-refractivity contribution in [2.75, 3.05) is 32.6 Å². The molecular formula is C12H20N2O2S. The van der Waals surface area contributed by atoms with Crippen LogP contribution in [-0.2, 0) is 11.3 Å². The summed E-state index contributed by atoms with van der Waals surface area (Å²) in [6, 6.07) is 2.13. The average Bonchev–Trinajstić information content (AvgIpc) is 2.34. The van der Waals surface area contributed by atoms with Gasteiger partial charge in [-0.25, -0.2) is 4.98 Å². The number of aliphatic hydroxyl groups is 1. The highest BCUT2D eigenvalue weighted by Gasteiger charge is 2.02. The van der Waals surface area contributed by atoms with Gasteiger partial charge in [-0.2, -0.15) is 0 Å². The zero-order valence-corrected chi connectivity index (χ0v) is 11.2. The number of hydrogen-bond donors (Lipinski definition) is 2. The summed E-state index contributed by atoms with van der Waals surface area (Å²) < 4.78 is 4.96. The van der Waals surface area contributed by atoms with E-state index in [-0.39, 0.29) is 6.61 Å². The maximum Gasteiger partial charge on any atom is 0.0990 e. The maximum absolute atomic E-state index is 8.77. The normalized spacial score (nSPS) is 10.8. The van der Waals surface area contributed by atoms with Gasteiger partial charge in [0.25, 0.3) is 0 Å². The number of rotatable bonds is 8. The number of thioether (sulfide) groups is 1. The molecule has 0 saturated heterocycles. The van der Waals surface area contributed by atoms with Gasteiger partial charge in [-0.1, -0.05) is 6.07 Å². The summed E-state index contributed by atoms with van der Waals surface area (Å²) >= 11 is 1.59. The lowest BCUT2D eigenvalue weighted by Crippen LogP contribution is -2.18. The van der Waals surface area contributed by atoms with Crippen molar-refractivity contribution in [3.05, 3.63) is 23.4 Å². The zero-order valence-electron chi connectivity index (χ0n) is 10.4. The maximum atomic E-state index is 8.77. The Balaban J connectivity index is 2.44. The molecule has 0 radical (unpaired) electrons. The molecule has 0 saturated carbocycles. The van der Waals surface area contributed by atoms with E-state index < -0.39 is 0 Å². The summed E-state index contributed by atoms with van der Waals surface area (Å²) in [7, 11) is 1.70. The van der Waals surface area contributed by atoms with Crippen LogP contribution in [0.3, 0.4) is 0 Å². The number of aryl methyl sites for hydroxylation is 1. The first-order chi connectivity index (χ1) is 8.27. The van der Waals surface area contributed by atoms with E-state index in [1.165, 1.54) is 5.56 Å². The molecule has 0 spiro atoms. The van der Waals surface area contributed by atoms with Crippen molar-refractivity contribution >= 4 is 11.8 Å². The molecule has 0 aliphatic heterocycles. The van der Waals surface area contributed by atoms with Crippen molar-refractivity contribution < 1.29 is 9.84 Å². The topological polar surface area (TPSA) is 54.4 Å². The van der Waals surface area contributed by atoms with Crippen molar-refractivity contribution in [1.82, 2.24) is 10.3 Å². The lowest BCUT2D eigenvalue weighted by Gasteiger charge is -2.07. The first-order valence-corrected chi connectivity index (χ1v) is 6.65. The van der Waals surface area contributed by atoms with Gasteiger partial charge in [0.2, 0.25) is 0 Å². The Morgan fingerprint density at radius 3 is 3.00 bits per heavy atom. The van der Waals surface area contributed by atoms with E-state index in [4.69, 9.17) is 9.84 Å². The van der Waals surface area contributed by atoms with Crippen LogP contribution in [0.15, 0.2) is 17.3 Å². The summed E-state index contributed by atoms with van der Waals surface area (Å²) in [5.74, 6) is 0.694. The van der Waals surface area contributed by atoms with Crippen LogP contribution in [0.2, 0.25) is 0 Å². The monoisotopic (exact) mass is 256 g/mol. The molecule has 5 heteroatoms. The van der Waals surface area contributed by atoms with Crippen molar-refractivity contribution in [3.63, 3.8) is 0 Å². The van der Waals surface area contributed by atoms with Gasteiger partial charge >= 0.3 is 0 Å². The molecule has 1 heterocycles. The second kappa shape index (κ2) is 8.47. The van der Waals surface area contributed by atoms with Gasteiger partial charge < -0.3 is 15.2 Å². The van der Waals surface area contributed by atoms with Gasteiger partial charge in [-0.15, -0.1) is 11.8 Å². The minimum absolute atomic E-state index is 0.187. The van der Waals surface area contributed by atoms with Crippen molar-refractivity contribution in [2.24, 2.45) is 0 Å². The Hall–Kier alpha value is -0.620. The van der Waals surface area contributed by atoms with Gasteiger partial charge in [0.1, 0.15) is 0 Å². The highest BCUT2D eigenvalue weighted by Crippen LogP contribution is 2.19. The number of pyridine rings is 1. The highest BCUT2D eigenvalue weighted by atomic mass is 32.2. The van der Waals surface area contributed by atoms with Crippen LogP contribution >= 0.6 is 11.8 Å². The minimum Gasteiger partial charge on any atom is -0.396 e. The van der Waals surface area contributed by atoms with E-state index in [1.54, 1.807) is 18.9 Å². The molecule has 2 N–H and O–H groups in total. The highest BCUT2D eigenvalue weighted by molar-refractivity contribution is 7.99. The first kappa shape index (κ1) is 14.4. The Labute approximate surface area is 107 Å². The predicted octanol–water partition coefficient (Wildman–Crippen LogP) is 1.21. The zero-order chi connectivity index (χ0) is 12.5. The largest absolute Gasteiger partial charge is 0.396 e. The molecule has 0 fully saturated rings. The predicted molar refractivity (Wildman–Crippen MR) is 70.4 cm³/mol. The quantitative estimate of drug-likeness (QED) is 0.541. The van der Waals surface area contributed by atoms with E-state index in [2.05, 4.69) is 16.4 Å². The molecule has 0 aromatic carbocycles. The van der Waals surface area contributed by atoms with E-state index in [0.29, 0.717) is 5.75 Å². The fraction of sp³-hybridized carbons (Fsp3) is 0.583. The van der Waals surface area contributed by atoms with Gasteiger partial charge in [-0.05, 0) is 18.1 Å². The summed E-state index contributed by atoms with van der Waals surface area (Å²) in [5.41, 5.74) is 2.33. The number of ether oxygens (including phenoxy) is 1. The number of aliphatic hydroxyl groups excluding tert-OH is 1. The van der Waals surface area contributed by atoms with E-state index in [1.807, 2.05) is 13.1 Å². The molecular weight excluding hydrogens is 236 g/mol. The molecule has 0 bridgehead atoms. The van der Waals surface area contributed by atoms with Crippen molar-refractivity contribution in [1.29, 1.82) is 0 Å². The third kappa shape index (κ3) is 5.50. The van der Waals surface area contributed by atoms with Crippen molar-refractivity contribution in [2.45, 2.75) is 18.5 Å². The molecule has 0 unspecified atom stereocenters. The SMILES string of the molecule is COCCNCc1cnc(SCCO)c(C)c1. The lowest BCUT2D eigenvalue weighted by molar-refractivity contribution is 0.199. The van der Waals surface area contributed by atoms with Crippen LogP contribution in [0.5, 0.6) is 0 Å². The summed E-state index contributed by atoms with van der Waals surface area (Å²) in [6.07, 6.45) is 1.88. The molecule has 0 atom stereocenters. The fourth-order valence-electron chi connectivity index (χ4n) is 1.42. The van der Waals surface area contributed by atoms with Gasteiger partial charge in [0.05, 0.1) is 18.2 Å². The molecule has 0 aliphatic rings. The van der Waals surface area contributed by atoms with Crippen LogP contribution < -0.4 is 5.32 Å². The molecule has 1 aromatic heterocycles. The molecule has 1 aromatic rings. The van der Waals surface area contributed by atoms with Gasteiger partial charge in [0.15, 0.2) is 0 Å². The molecule has 0 amide bonds. The molecule has 1 rings (SSSR count). The molecule has 0 aliphatic carbocycles. The minimum atomic E-state index is 0.187. The number of methoxy groups -OCH3 is 1. The van der Waals surface area contributed by atoms with Crippen LogP contribution in [0.25, 0.3) is 0 Å². The second-order valence-corrected chi connectivity index (χ2v) is 4.79. The summed E-state index contributed by atoms with van der Waals surface area (Å²) in [4.78, 5) is 4.40.